The fraction of sp³-hybridized carbons (Fsp3) is 0.312. The number of amides is 1. The summed E-state index contributed by atoms with van der Waals surface area (Å²) < 4.78 is 2.04. The van der Waals surface area contributed by atoms with E-state index in [0.29, 0.717) is 0 Å². The molecule has 1 amide bonds. The number of nitrogens with one attached hydrogen (secondary N) is 2. The highest BCUT2D eigenvalue weighted by Crippen LogP contribution is 2.18. The number of hydrogen-bond acceptors (Lipinski definition) is 2. The first kappa shape index (κ1) is 14.3. The van der Waals surface area contributed by atoms with Gasteiger partial charge in [0.25, 0.3) is 0 Å². The summed E-state index contributed by atoms with van der Waals surface area (Å²) in [5.74, 6) is -0.0490. The van der Waals surface area contributed by atoms with Gasteiger partial charge in [-0.3, -0.25) is 4.79 Å². The van der Waals surface area contributed by atoms with Crippen molar-refractivity contribution in [3.63, 3.8) is 0 Å². The van der Waals surface area contributed by atoms with Crippen LogP contribution in [0.15, 0.2) is 42.7 Å². The fourth-order valence-corrected chi connectivity index (χ4v) is 2.14. The summed E-state index contributed by atoms with van der Waals surface area (Å²) in [4.78, 5) is 11.1. The van der Waals surface area contributed by atoms with Gasteiger partial charge in [-0.1, -0.05) is 12.1 Å². The van der Waals surface area contributed by atoms with E-state index in [1.165, 1.54) is 12.5 Å². The summed E-state index contributed by atoms with van der Waals surface area (Å²) in [6.07, 6.45) is 4.15. The lowest BCUT2D eigenvalue weighted by molar-refractivity contribution is -0.114. The summed E-state index contributed by atoms with van der Waals surface area (Å²) in [6, 6.07) is 10.3. The Bertz CT molecular complexity index is 589. The van der Waals surface area contributed by atoms with Crippen molar-refractivity contribution in [3.05, 3.63) is 53.9 Å². The lowest BCUT2D eigenvalue weighted by Crippen LogP contribution is -2.18. The maximum Gasteiger partial charge on any atom is 0.221 e. The number of hydrogen-bond donors (Lipinski definition) is 2. The lowest BCUT2D eigenvalue weighted by atomic mass is 10.1. The van der Waals surface area contributed by atoms with Crippen LogP contribution in [-0.2, 0) is 18.4 Å². The van der Waals surface area contributed by atoms with Crippen molar-refractivity contribution in [1.29, 1.82) is 0 Å². The number of rotatable bonds is 5. The molecule has 0 saturated carbocycles. The van der Waals surface area contributed by atoms with Crippen molar-refractivity contribution in [2.24, 2.45) is 7.05 Å². The predicted octanol–water partition coefficient (Wildman–Crippen LogP) is 2.83. The molecule has 0 aliphatic heterocycles. The average Bonchev–Trinajstić information content (AvgIpc) is 2.81. The van der Waals surface area contributed by atoms with Crippen LogP contribution in [0.3, 0.4) is 0 Å². The van der Waals surface area contributed by atoms with Gasteiger partial charge in [-0.2, -0.15) is 0 Å². The van der Waals surface area contributed by atoms with Crippen LogP contribution in [0, 0.1) is 0 Å². The van der Waals surface area contributed by atoms with Crippen molar-refractivity contribution in [2.45, 2.75) is 26.4 Å². The Morgan fingerprint density at radius 2 is 2.15 bits per heavy atom. The van der Waals surface area contributed by atoms with Crippen LogP contribution >= 0.6 is 0 Å². The molecule has 0 fully saturated rings. The van der Waals surface area contributed by atoms with E-state index in [9.17, 15) is 4.79 Å². The molecular weight excluding hydrogens is 250 g/mol. The minimum absolute atomic E-state index is 0.0490. The Balaban J connectivity index is 1.97. The summed E-state index contributed by atoms with van der Waals surface area (Å²) in [5.41, 5.74) is 3.26. The first-order valence-corrected chi connectivity index (χ1v) is 6.76. The number of benzene rings is 1. The van der Waals surface area contributed by atoms with Crippen LogP contribution in [0.5, 0.6) is 0 Å². The fourth-order valence-electron chi connectivity index (χ4n) is 2.14. The third kappa shape index (κ3) is 3.96. The zero-order valence-electron chi connectivity index (χ0n) is 12.2. The molecule has 0 aliphatic rings. The van der Waals surface area contributed by atoms with Gasteiger partial charge in [-0.15, -0.1) is 0 Å². The molecular formula is C16H21N3O. The highest BCUT2D eigenvalue weighted by atomic mass is 16.1. The molecule has 1 unspecified atom stereocenters. The number of anilines is 1. The van der Waals surface area contributed by atoms with Gasteiger partial charge in [-0.05, 0) is 36.2 Å². The number of aromatic nitrogens is 1. The standard InChI is InChI=1S/C16H21N3O/c1-12(17-10-14-7-8-19(3)11-14)15-5-4-6-16(9-15)18-13(2)20/h4-9,11-12,17H,10H2,1-3H3,(H,18,20). The second-order valence-corrected chi connectivity index (χ2v) is 5.09. The van der Waals surface area contributed by atoms with E-state index < -0.39 is 0 Å². The highest BCUT2D eigenvalue weighted by Gasteiger charge is 2.06. The molecule has 0 saturated heterocycles. The van der Waals surface area contributed by atoms with Crippen LogP contribution in [0.2, 0.25) is 0 Å². The summed E-state index contributed by atoms with van der Waals surface area (Å²) in [6.45, 7) is 4.46. The Morgan fingerprint density at radius 1 is 1.35 bits per heavy atom. The number of nitrogens with zero attached hydrogens (tertiary/aromatic N) is 1. The molecule has 2 N–H and O–H groups in total. The largest absolute Gasteiger partial charge is 0.357 e. The van der Waals surface area contributed by atoms with Crippen molar-refractivity contribution >= 4 is 11.6 Å². The summed E-state index contributed by atoms with van der Waals surface area (Å²) >= 11 is 0. The zero-order valence-corrected chi connectivity index (χ0v) is 12.2. The van der Waals surface area contributed by atoms with Crippen LogP contribution in [0.1, 0.15) is 31.0 Å². The SMILES string of the molecule is CC(=O)Nc1cccc(C(C)NCc2ccn(C)c2)c1. The van der Waals surface area contributed by atoms with E-state index in [1.807, 2.05) is 36.0 Å². The van der Waals surface area contributed by atoms with Crippen molar-refractivity contribution in [2.75, 3.05) is 5.32 Å². The first-order chi connectivity index (χ1) is 9.54. The second-order valence-electron chi connectivity index (χ2n) is 5.09. The van der Waals surface area contributed by atoms with Gasteiger partial charge in [-0.25, -0.2) is 0 Å². The van der Waals surface area contributed by atoms with E-state index >= 15 is 0 Å². The third-order valence-corrected chi connectivity index (χ3v) is 3.21. The zero-order chi connectivity index (χ0) is 14.5. The van der Waals surface area contributed by atoms with Crippen LogP contribution in [0.25, 0.3) is 0 Å². The van der Waals surface area contributed by atoms with Crippen molar-refractivity contribution in [1.82, 2.24) is 9.88 Å². The van der Waals surface area contributed by atoms with Crippen LogP contribution in [-0.4, -0.2) is 10.5 Å². The van der Waals surface area contributed by atoms with Gasteiger partial charge < -0.3 is 15.2 Å². The van der Waals surface area contributed by atoms with Crippen LogP contribution in [0.4, 0.5) is 5.69 Å². The topological polar surface area (TPSA) is 46.1 Å². The molecule has 0 aliphatic carbocycles. The number of carbonyl (C=O) groups excluding carboxylic acids is 1. The molecule has 1 aromatic carbocycles. The molecule has 1 aromatic heterocycles. The Hall–Kier alpha value is -2.07. The highest BCUT2D eigenvalue weighted by molar-refractivity contribution is 5.88. The lowest BCUT2D eigenvalue weighted by Gasteiger charge is -2.15. The molecule has 0 spiro atoms. The smallest absolute Gasteiger partial charge is 0.221 e. The Kier molecular flexibility index (Phi) is 4.58. The van der Waals surface area contributed by atoms with Gasteiger partial charge in [0.15, 0.2) is 0 Å². The molecule has 4 heteroatoms. The first-order valence-electron chi connectivity index (χ1n) is 6.76. The average molecular weight is 271 g/mol. The molecule has 2 aromatic rings. The molecule has 1 heterocycles. The molecule has 2 rings (SSSR count). The van der Waals surface area contributed by atoms with Gasteiger partial charge in [0, 0.05) is 44.6 Å². The summed E-state index contributed by atoms with van der Waals surface area (Å²) in [5, 5.41) is 6.29. The number of aryl methyl sites for hydroxylation is 1. The Morgan fingerprint density at radius 3 is 2.80 bits per heavy atom. The maximum absolute atomic E-state index is 11.1. The molecule has 1 atom stereocenters. The molecule has 0 radical (unpaired) electrons. The monoisotopic (exact) mass is 271 g/mol. The summed E-state index contributed by atoms with van der Waals surface area (Å²) in [7, 11) is 2.02. The van der Waals surface area contributed by atoms with Crippen molar-refractivity contribution < 1.29 is 4.79 Å². The van der Waals surface area contributed by atoms with Crippen molar-refractivity contribution in [3.8, 4) is 0 Å². The second kappa shape index (κ2) is 6.39. The maximum atomic E-state index is 11.1. The van der Waals surface area contributed by atoms with E-state index in [2.05, 4.69) is 35.9 Å². The molecule has 0 bridgehead atoms. The van der Waals surface area contributed by atoms with Gasteiger partial charge >= 0.3 is 0 Å². The quantitative estimate of drug-likeness (QED) is 0.878. The Labute approximate surface area is 119 Å². The molecule has 4 nitrogen and oxygen atoms in total. The minimum atomic E-state index is -0.0490. The van der Waals surface area contributed by atoms with E-state index in [-0.39, 0.29) is 11.9 Å². The minimum Gasteiger partial charge on any atom is -0.357 e. The normalized spacial score (nSPS) is 12.2. The van der Waals surface area contributed by atoms with Gasteiger partial charge in [0.1, 0.15) is 0 Å². The van der Waals surface area contributed by atoms with E-state index in [0.717, 1.165) is 17.8 Å². The van der Waals surface area contributed by atoms with E-state index in [4.69, 9.17) is 0 Å². The number of carbonyl (C=O) groups is 1. The molecule has 20 heavy (non-hydrogen) atoms. The van der Waals surface area contributed by atoms with Crippen LogP contribution < -0.4 is 10.6 Å². The molecule has 106 valence electrons. The van der Waals surface area contributed by atoms with Gasteiger partial charge in [0.05, 0.1) is 0 Å². The van der Waals surface area contributed by atoms with Gasteiger partial charge in [0.2, 0.25) is 5.91 Å². The predicted molar refractivity (Wildman–Crippen MR) is 81.4 cm³/mol. The van der Waals surface area contributed by atoms with E-state index in [1.54, 1.807) is 0 Å². The third-order valence-electron chi connectivity index (χ3n) is 3.21.